The van der Waals surface area contributed by atoms with E-state index in [1.807, 2.05) is 36.1 Å². The number of aromatic hydroxyl groups is 1. The molecule has 3 rings (SSSR count). The molecule has 1 aliphatic rings. The summed E-state index contributed by atoms with van der Waals surface area (Å²) in [6.07, 6.45) is 1.68. The van der Waals surface area contributed by atoms with Crippen LogP contribution in [0.25, 0.3) is 0 Å². The molecular formula is C21H25N3O4. The van der Waals surface area contributed by atoms with Crippen LogP contribution in [0.3, 0.4) is 0 Å². The summed E-state index contributed by atoms with van der Waals surface area (Å²) in [4.78, 5) is 26.8. The van der Waals surface area contributed by atoms with Gasteiger partial charge in [0.05, 0.1) is 4.92 Å². The third kappa shape index (κ3) is 4.48. The van der Waals surface area contributed by atoms with Gasteiger partial charge in [-0.25, -0.2) is 0 Å². The van der Waals surface area contributed by atoms with Crippen molar-refractivity contribution in [3.63, 3.8) is 0 Å². The molecule has 0 atom stereocenters. The normalized spacial score (nSPS) is 15.4. The molecule has 7 nitrogen and oxygen atoms in total. The molecule has 7 heteroatoms. The van der Waals surface area contributed by atoms with Gasteiger partial charge in [-0.05, 0) is 43.5 Å². The van der Waals surface area contributed by atoms with Crippen LogP contribution in [0.15, 0.2) is 42.5 Å². The number of phenols is 1. The molecule has 28 heavy (non-hydrogen) atoms. The highest BCUT2D eigenvalue weighted by Gasteiger charge is 2.27. The number of nitro benzene ring substituents is 1. The predicted molar refractivity (Wildman–Crippen MR) is 107 cm³/mol. The lowest BCUT2D eigenvalue weighted by Gasteiger charge is -2.38. The number of nitrogens with zero attached hydrogens (tertiary/aromatic N) is 3. The largest absolute Gasteiger partial charge is 0.502 e. The highest BCUT2D eigenvalue weighted by atomic mass is 16.6. The standard InChI is InChI=1S/C21H25N3O4/c1-15-3-6-18(7-4-15)23(16(2)25)19-9-11-22(12-10-19)14-17-5-8-21(26)20(13-17)24(27)28/h3-8,13,19,26H,9-12,14H2,1-2H3. The van der Waals surface area contributed by atoms with E-state index >= 15 is 0 Å². The highest BCUT2D eigenvalue weighted by molar-refractivity contribution is 5.92. The third-order valence-corrected chi connectivity index (χ3v) is 5.22. The predicted octanol–water partition coefficient (Wildman–Crippen LogP) is 3.63. The number of piperidine rings is 1. The molecule has 2 aromatic rings. The number of hydrogen-bond acceptors (Lipinski definition) is 5. The van der Waals surface area contributed by atoms with E-state index in [4.69, 9.17) is 0 Å². The number of anilines is 1. The van der Waals surface area contributed by atoms with Crippen LogP contribution in [-0.4, -0.2) is 40.0 Å². The minimum atomic E-state index is -0.572. The van der Waals surface area contributed by atoms with Crippen LogP contribution in [0.5, 0.6) is 5.75 Å². The molecule has 0 saturated carbocycles. The number of aryl methyl sites for hydroxylation is 1. The van der Waals surface area contributed by atoms with E-state index in [9.17, 15) is 20.0 Å². The van der Waals surface area contributed by atoms with Crippen LogP contribution in [0.1, 0.15) is 30.9 Å². The van der Waals surface area contributed by atoms with Gasteiger partial charge in [0.1, 0.15) is 0 Å². The molecule has 0 unspecified atom stereocenters. The van der Waals surface area contributed by atoms with Crippen molar-refractivity contribution in [2.24, 2.45) is 0 Å². The molecule has 1 fully saturated rings. The summed E-state index contributed by atoms with van der Waals surface area (Å²) in [5.41, 5.74) is 2.61. The van der Waals surface area contributed by atoms with E-state index in [-0.39, 0.29) is 23.4 Å². The first-order valence-corrected chi connectivity index (χ1v) is 9.40. The molecule has 1 aliphatic heterocycles. The van der Waals surface area contributed by atoms with Crippen molar-refractivity contribution in [2.75, 3.05) is 18.0 Å². The number of phenolic OH excluding ortho intramolecular Hbond substituents is 1. The molecule has 1 amide bonds. The molecule has 2 aromatic carbocycles. The summed E-state index contributed by atoms with van der Waals surface area (Å²) < 4.78 is 0. The molecule has 0 aliphatic carbocycles. The molecule has 0 bridgehead atoms. The van der Waals surface area contributed by atoms with Crippen molar-refractivity contribution in [1.29, 1.82) is 0 Å². The maximum Gasteiger partial charge on any atom is 0.311 e. The summed E-state index contributed by atoms with van der Waals surface area (Å²) in [5.74, 6) is -0.279. The van der Waals surface area contributed by atoms with Crippen molar-refractivity contribution in [3.05, 3.63) is 63.7 Å². The minimum absolute atomic E-state index is 0.0384. The van der Waals surface area contributed by atoms with Gasteiger partial charge in [0.25, 0.3) is 0 Å². The maximum absolute atomic E-state index is 12.3. The Morgan fingerprint density at radius 3 is 2.43 bits per heavy atom. The van der Waals surface area contributed by atoms with Gasteiger partial charge in [-0.3, -0.25) is 19.8 Å². The zero-order chi connectivity index (χ0) is 20.3. The van der Waals surface area contributed by atoms with Gasteiger partial charge in [0.15, 0.2) is 5.75 Å². The zero-order valence-electron chi connectivity index (χ0n) is 16.2. The quantitative estimate of drug-likeness (QED) is 0.629. The fraction of sp³-hybridized carbons (Fsp3) is 0.381. The number of rotatable bonds is 5. The molecular weight excluding hydrogens is 358 g/mol. The average molecular weight is 383 g/mol. The fourth-order valence-corrected chi connectivity index (χ4v) is 3.76. The number of likely N-dealkylation sites (tertiary alicyclic amines) is 1. The van der Waals surface area contributed by atoms with Crippen molar-refractivity contribution < 1.29 is 14.8 Å². The Labute approximate surface area is 164 Å². The molecule has 148 valence electrons. The zero-order valence-corrected chi connectivity index (χ0v) is 16.2. The first-order chi connectivity index (χ1) is 13.3. The lowest BCUT2D eigenvalue weighted by molar-refractivity contribution is -0.385. The van der Waals surface area contributed by atoms with Gasteiger partial charge in [0, 0.05) is 44.4 Å². The number of amides is 1. The average Bonchev–Trinajstić information content (AvgIpc) is 2.66. The smallest absolute Gasteiger partial charge is 0.311 e. The first-order valence-electron chi connectivity index (χ1n) is 9.40. The van der Waals surface area contributed by atoms with Gasteiger partial charge in [-0.2, -0.15) is 0 Å². The van der Waals surface area contributed by atoms with E-state index in [1.165, 1.54) is 12.1 Å². The van der Waals surface area contributed by atoms with E-state index < -0.39 is 4.92 Å². The van der Waals surface area contributed by atoms with Gasteiger partial charge in [-0.1, -0.05) is 23.8 Å². The summed E-state index contributed by atoms with van der Waals surface area (Å²) >= 11 is 0. The van der Waals surface area contributed by atoms with Crippen molar-refractivity contribution >= 4 is 17.3 Å². The van der Waals surface area contributed by atoms with Gasteiger partial charge >= 0.3 is 5.69 Å². The highest BCUT2D eigenvalue weighted by Crippen LogP contribution is 2.28. The number of benzene rings is 2. The van der Waals surface area contributed by atoms with Crippen LogP contribution in [0, 0.1) is 17.0 Å². The van der Waals surface area contributed by atoms with Gasteiger partial charge in [0.2, 0.25) is 5.91 Å². The number of carbonyl (C=O) groups excluding carboxylic acids is 1. The Morgan fingerprint density at radius 1 is 1.21 bits per heavy atom. The van der Waals surface area contributed by atoms with Crippen LogP contribution in [0.2, 0.25) is 0 Å². The SMILES string of the molecule is CC(=O)N(c1ccc(C)cc1)C1CCN(Cc2ccc(O)c([N+](=O)[O-])c2)CC1. The van der Waals surface area contributed by atoms with Crippen LogP contribution in [0.4, 0.5) is 11.4 Å². The van der Waals surface area contributed by atoms with Gasteiger partial charge < -0.3 is 10.0 Å². The van der Waals surface area contributed by atoms with E-state index in [1.54, 1.807) is 13.0 Å². The van der Waals surface area contributed by atoms with Crippen LogP contribution in [-0.2, 0) is 11.3 Å². The summed E-state index contributed by atoms with van der Waals surface area (Å²) in [6.45, 7) is 5.80. The Balaban J connectivity index is 1.65. The molecule has 0 aromatic heterocycles. The second-order valence-electron chi connectivity index (χ2n) is 7.31. The molecule has 0 spiro atoms. The van der Waals surface area contributed by atoms with E-state index in [0.29, 0.717) is 6.54 Å². The third-order valence-electron chi connectivity index (χ3n) is 5.22. The van der Waals surface area contributed by atoms with Crippen molar-refractivity contribution in [2.45, 2.75) is 39.3 Å². The van der Waals surface area contributed by atoms with E-state index in [2.05, 4.69) is 4.90 Å². The summed E-state index contributed by atoms with van der Waals surface area (Å²) in [7, 11) is 0. The van der Waals surface area contributed by atoms with Crippen molar-refractivity contribution in [3.8, 4) is 5.75 Å². The summed E-state index contributed by atoms with van der Waals surface area (Å²) in [5, 5.41) is 20.6. The Bertz CT molecular complexity index is 858. The number of hydrogen-bond donors (Lipinski definition) is 1. The lowest BCUT2D eigenvalue weighted by atomic mass is 10.0. The monoisotopic (exact) mass is 383 g/mol. The van der Waals surface area contributed by atoms with E-state index in [0.717, 1.165) is 42.7 Å². The second kappa shape index (κ2) is 8.39. The summed E-state index contributed by atoms with van der Waals surface area (Å²) in [6, 6.07) is 12.6. The molecule has 0 radical (unpaired) electrons. The fourth-order valence-electron chi connectivity index (χ4n) is 3.76. The Kier molecular flexibility index (Phi) is 5.94. The molecule has 1 heterocycles. The minimum Gasteiger partial charge on any atom is -0.502 e. The number of nitro groups is 1. The topological polar surface area (TPSA) is 86.9 Å². The second-order valence-corrected chi connectivity index (χ2v) is 7.31. The molecule has 1 saturated heterocycles. The Morgan fingerprint density at radius 2 is 1.86 bits per heavy atom. The number of carbonyl (C=O) groups is 1. The van der Waals surface area contributed by atoms with Crippen LogP contribution >= 0.6 is 0 Å². The van der Waals surface area contributed by atoms with Crippen LogP contribution < -0.4 is 4.90 Å². The molecule has 1 N–H and O–H groups in total. The first kappa shape index (κ1) is 19.8. The van der Waals surface area contributed by atoms with Crippen molar-refractivity contribution in [1.82, 2.24) is 4.90 Å². The van der Waals surface area contributed by atoms with Gasteiger partial charge in [-0.15, -0.1) is 0 Å². The maximum atomic E-state index is 12.3. The Hall–Kier alpha value is -2.93. The lowest BCUT2D eigenvalue weighted by Crippen LogP contribution is -2.46.